The zero-order valence-electron chi connectivity index (χ0n) is 26.2. The fourth-order valence-electron chi connectivity index (χ4n) is 5.84. The summed E-state index contributed by atoms with van der Waals surface area (Å²) in [6.45, 7) is 2.58. The van der Waals surface area contributed by atoms with Crippen LogP contribution in [0.3, 0.4) is 0 Å². The highest BCUT2D eigenvalue weighted by Gasteiger charge is 2.39. The van der Waals surface area contributed by atoms with Crippen LogP contribution in [0.2, 0.25) is 0 Å². The maximum atomic E-state index is 13.7. The number of benzene rings is 1. The lowest BCUT2D eigenvalue weighted by Crippen LogP contribution is -2.55. The first-order chi connectivity index (χ1) is 21.8. The van der Waals surface area contributed by atoms with Crippen molar-refractivity contribution >= 4 is 36.2 Å². The van der Waals surface area contributed by atoms with E-state index in [0.717, 1.165) is 31.2 Å². The lowest BCUT2D eigenvalue weighted by molar-refractivity contribution is -0.140. The van der Waals surface area contributed by atoms with Crippen molar-refractivity contribution in [2.45, 2.75) is 102 Å². The molecule has 1 saturated heterocycles. The Morgan fingerprint density at radius 3 is 2.42 bits per heavy atom. The van der Waals surface area contributed by atoms with Crippen LogP contribution < -0.4 is 21.7 Å². The summed E-state index contributed by atoms with van der Waals surface area (Å²) in [5.41, 5.74) is 6.60. The molecule has 5 N–H and O–H groups in total. The summed E-state index contributed by atoms with van der Waals surface area (Å²) >= 11 is 0. The van der Waals surface area contributed by atoms with Crippen LogP contribution in [0.15, 0.2) is 35.3 Å². The van der Waals surface area contributed by atoms with Gasteiger partial charge < -0.3 is 35.5 Å². The molecule has 13 nitrogen and oxygen atoms in total. The van der Waals surface area contributed by atoms with E-state index in [1.807, 2.05) is 30.3 Å². The second kappa shape index (κ2) is 19.3. The van der Waals surface area contributed by atoms with Crippen LogP contribution in [0.25, 0.3) is 0 Å². The second-order valence-electron chi connectivity index (χ2n) is 11.5. The van der Waals surface area contributed by atoms with Gasteiger partial charge in [0.2, 0.25) is 11.8 Å². The maximum Gasteiger partial charge on any atom is 0.414 e. The summed E-state index contributed by atoms with van der Waals surface area (Å²) in [6.07, 6.45) is 8.14. The van der Waals surface area contributed by atoms with E-state index in [9.17, 15) is 24.0 Å². The van der Waals surface area contributed by atoms with E-state index >= 15 is 0 Å². The molecular formula is C32H48N6O7. The van der Waals surface area contributed by atoms with Gasteiger partial charge in [0, 0.05) is 13.1 Å². The minimum Gasteiger partial charge on any atom is -0.450 e. The van der Waals surface area contributed by atoms with Gasteiger partial charge in [-0.3, -0.25) is 19.9 Å². The number of nitrogens with one attached hydrogen (secondary N) is 3. The standard InChI is InChI=1S/C32H48N6O7/c1-2-44-31(42)36-26(20-23-12-6-3-4-7-13-23)29(41)38-19-11-17-27(38)28(40)35-25(21-39)16-10-18-34-30(33)37-32(43)45-22-24-14-8-5-9-15-24/h5,8-9,14-15,21,23,25-27H,2-4,6-7,10-13,16-20,22H2,1H3,(H,35,40)(H,36,42)(H3,33,34,37,43)/t25-,26+,27-/m0/s1. The Bertz CT molecular complexity index is 1140. The Morgan fingerprint density at radius 1 is 1.00 bits per heavy atom. The molecular weight excluding hydrogens is 580 g/mol. The van der Waals surface area contributed by atoms with Gasteiger partial charge in [-0.15, -0.1) is 0 Å². The number of aliphatic imine (C=N–C) groups is 1. The summed E-state index contributed by atoms with van der Waals surface area (Å²) in [5, 5.41) is 7.85. The number of likely N-dealkylation sites (tertiary alicyclic amines) is 1. The molecule has 13 heteroatoms. The fraction of sp³-hybridized carbons (Fsp3) is 0.625. The first-order valence-corrected chi connectivity index (χ1v) is 16.1. The Kier molecular flexibility index (Phi) is 15.1. The summed E-state index contributed by atoms with van der Waals surface area (Å²) < 4.78 is 10.2. The van der Waals surface area contributed by atoms with Crippen molar-refractivity contribution in [2.75, 3.05) is 19.7 Å². The lowest BCUT2D eigenvalue weighted by Gasteiger charge is -2.30. The van der Waals surface area contributed by atoms with Gasteiger partial charge in [0.15, 0.2) is 5.96 Å². The average molecular weight is 629 g/mol. The number of aldehydes is 1. The van der Waals surface area contributed by atoms with E-state index in [2.05, 4.69) is 20.9 Å². The molecule has 0 bridgehead atoms. The van der Waals surface area contributed by atoms with Crippen LogP contribution in [-0.4, -0.2) is 79.0 Å². The number of rotatable bonds is 14. The van der Waals surface area contributed by atoms with E-state index in [1.165, 1.54) is 17.7 Å². The van der Waals surface area contributed by atoms with Crippen molar-refractivity contribution in [3.8, 4) is 0 Å². The maximum absolute atomic E-state index is 13.7. The van der Waals surface area contributed by atoms with Gasteiger partial charge in [-0.05, 0) is 50.5 Å². The number of carbonyl (C=O) groups excluding carboxylic acids is 5. The van der Waals surface area contributed by atoms with Crippen LogP contribution in [-0.2, 0) is 30.5 Å². The van der Waals surface area contributed by atoms with Crippen molar-refractivity contribution in [1.82, 2.24) is 20.9 Å². The van der Waals surface area contributed by atoms with Gasteiger partial charge in [0.05, 0.1) is 12.6 Å². The fourth-order valence-corrected chi connectivity index (χ4v) is 5.84. The van der Waals surface area contributed by atoms with Gasteiger partial charge in [-0.1, -0.05) is 68.9 Å². The summed E-state index contributed by atoms with van der Waals surface area (Å²) in [4.78, 5) is 68.6. The highest BCUT2D eigenvalue weighted by atomic mass is 16.6. The molecule has 248 valence electrons. The molecule has 3 rings (SSSR count). The number of carbonyl (C=O) groups is 5. The Labute approximate surface area is 265 Å². The van der Waals surface area contributed by atoms with Crippen molar-refractivity contribution in [2.24, 2.45) is 16.6 Å². The van der Waals surface area contributed by atoms with Crippen molar-refractivity contribution in [1.29, 1.82) is 0 Å². The number of guanidine groups is 1. The minimum atomic E-state index is -0.783. The molecule has 1 aliphatic heterocycles. The molecule has 1 aromatic rings. The van der Waals surface area contributed by atoms with Crippen molar-refractivity contribution in [3.63, 3.8) is 0 Å². The molecule has 1 aromatic carbocycles. The van der Waals surface area contributed by atoms with Gasteiger partial charge in [0.25, 0.3) is 0 Å². The normalized spacial score (nSPS) is 18.6. The van der Waals surface area contributed by atoms with Crippen molar-refractivity contribution in [3.05, 3.63) is 35.9 Å². The molecule has 0 radical (unpaired) electrons. The third-order valence-electron chi connectivity index (χ3n) is 8.14. The number of nitrogens with two attached hydrogens (primary N) is 1. The van der Waals surface area contributed by atoms with E-state index in [0.29, 0.717) is 50.9 Å². The van der Waals surface area contributed by atoms with Crippen LogP contribution in [0, 0.1) is 5.92 Å². The molecule has 2 fully saturated rings. The lowest BCUT2D eigenvalue weighted by atomic mass is 9.92. The molecule has 0 aromatic heterocycles. The van der Waals surface area contributed by atoms with Crippen molar-refractivity contribution < 1.29 is 33.4 Å². The summed E-state index contributed by atoms with van der Waals surface area (Å²) in [5.74, 6) is -0.514. The van der Waals surface area contributed by atoms with Gasteiger partial charge in [-0.2, -0.15) is 0 Å². The van der Waals surface area contributed by atoms with Crippen LogP contribution in [0.1, 0.15) is 83.1 Å². The van der Waals surface area contributed by atoms with E-state index in [4.69, 9.17) is 15.2 Å². The quantitative estimate of drug-likeness (QED) is 0.0797. The van der Waals surface area contributed by atoms with Gasteiger partial charge in [0.1, 0.15) is 25.0 Å². The predicted octanol–water partition coefficient (Wildman–Crippen LogP) is 3.16. The predicted molar refractivity (Wildman–Crippen MR) is 168 cm³/mol. The molecule has 1 aliphatic carbocycles. The highest BCUT2D eigenvalue weighted by Crippen LogP contribution is 2.28. The van der Waals surface area contributed by atoms with Crippen LogP contribution in [0.5, 0.6) is 0 Å². The Balaban J connectivity index is 1.48. The number of nitrogens with zero attached hydrogens (tertiary/aromatic N) is 2. The van der Waals surface area contributed by atoms with Gasteiger partial charge in [-0.25, -0.2) is 9.59 Å². The summed E-state index contributed by atoms with van der Waals surface area (Å²) in [7, 11) is 0. The van der Waals surface area contributed by atoms with Crippen LogP contribution >= 0.6 is 0 Å². The SMILES string of the molecule is CCOC(=O)N[C@H](CC1CCCCCC1)C(=O)N1CCC[C@H]1C(=O)N[C@H](C=O)CCCN=C(N)NC(=O)OCc1ccccc1. The van der Waals surface area contributed by atoms with Gasteiger partial charge >= 0.3 is 12.2 Å². The molecule has 0 unspecified atom stereocenters. The number of alkyl carbamates (subject to hydrolysis) is 2. The smallest absolute Gasteiger partial charge is 0.414 e. The number of hydrogen-bond donors (Lipinski definition) is 4. The number of hydrogen-bond acceptors (Lipinski definition) is 8. The third kappa shape index (κ3) is 12.4. The average Bonchev–Trinajstić information content (AvgIpc) is 3.39. The largest absolute Gasteiger partial charge is 0.450 e. The monoisotopic (exact) mass is 628 g/mol. The molecule has 4 amide bonds. The Morgan fingerprint density at radius 2 is 1.73 bits per heavy atom. The zero-order chi connectivity index (χ0) is 32.4. The topological polar surface area (TPSA) is 182 Å². The van der Waals surface area contributed by atoms with E-state index in [1.54, 1.807) is 6.92 Å². The van der Waals surface area contributed by atoms with E-state index < -0.39 is 36.2 Å². The first kappa shape index (κ1) is 35.3. The molecule has 1 heterocycles. The number of amides is 4. The minimum absolute atomic E-state index is 0.0910. The summed E-state index contributed by atoms with van der Waals surface area (Å²) in [6, 6.07) is 6.90. The number of ether oxygens (including phenoxy) is 2. The molecule has 45 heavy (non-hydrogen) atoms. The molecule has 1 saturated carbocycles. The molecule has 0 spiro atoms. The second-order valence-corrected chi connectivity index (χ2v) is 11.5. The first-order valence-electron chi connectivity index (χ1n) is 16.1. The van der Waals surface area contributed by atoms with Crippen LogP contribution in [0.4, 0.5) is 9.59 Å². The zero-order valence-corrected chi connectivity index (χ0v) is 26.2. The third-order valence-corrected chi connectivity index (χ3v) is 8.14. The Hall–Kier alpha value is -4.16. The molecule has 2 aliphatic rings. The van der Waals surface area contributed by atoms with E-state index in [-0.39, 0.29) is 31.6 Å². The molecule has 3 atom stereocenters. The highest BCUT2D eigenvalue weighted by molar-refractivity contribution is 5.93.